The quantitative estimate of drug-likeness (QED) is 0.844. The molecular weight excluding hydrogens is 260 g/mol. The fourth-order valence-electron chi connectivity index (χ4n) is 5.80. The van der Waals surface area contributed by atoms with Gasteiger partial charge in [0.2, 0.25) is 5.91 Å². The van der Waals surface area contributed by atoms with Crippen molar-refractivity contribution in [1.82, 2.24) is 10.2 Å². The zero-order valence-electron chi connectivity index (χ0n) is 13.4. The number of rotatable bonds is 5. The molecule has 1 amide bonds. The van der Waals surface area contributed by atoms with Crippen molar-refractivity contribution in [2.45, 2.75) is 45.4 Å². The maximum Gasteiger partial charge on any atom is 0.226 e. The van der Waals surface area contributed by atoms with Crippen molar-refractivity contribution in [3.05, 3.63) is 0 Å². The van der Waals surface area contributed by atoms with Crippen LogP contribution < -0.4 is 5.32 Å². The third-order valence-corrected chi connectivity index (χ3v) is 6.76. The van der Waals surface area contributed by atoms with Gasteiger partial charge in [0.05, 0.1) is 0 Å². The first-order chi connectivity index (χ1) is 10.3. The molecule has 3 nitrogen and oxygen atoms in total. The van der Waals surface area contributed by atoms with Gasteiger partial charge < -0.3 is 10.2 Å². The van der Waals surface area contributed by atoms with E-state index < -0.39 is 0 Å². The maximum atomic E-state index is 13.0. The molecule has 1 saturated heterocycles. The maximum absolute atomic E-state index is 13.0. The molecule has 0 aromatic carbocycles. The minimum atomic E-state index is 0.435. The summed E-state index contributed by atoms with van der Waals surface area (Å²) in [5.41, 5.74) is 0. The molecule has 1 N–H and O–H groups in total. The van der Waals surface area contributed by atoms with E-state index in [-0.39, 0.29) is 0 Å². The summed E-state index contributed by atoms with van der Waals surface area (Å²) in [6.07, 6.45) is 7.87. The lowest BCUT2D eigenvalue weighted by molar-refractivity contribution is -0.134. The molecule has 2 bridgehead atoms. The topological polar surface area (TPSA) is 32.3 Å². The predicted octanol–water partition coefficient (Wildman–Crippen LogP) is 2.52. The van der Waals surface area contributed by atoms with Crippen LogP contribution >= 0.6 is 0 Å². The van der Waals surface area contributed by atoms with Gasteiger partial charge in [0.25, 0.3) is 0 Å². The Hall–Kier alpha value is -0.570. The average Bonchev–Trinajstić information content (AvgIpc) is 2.94. The number of carbonyl (C=O) groups is 1. The van der Waals surface area contributed by atoms with E-state index in [0.29, 0.717) is 11.8 Å². The second-order valence-corrected chi connectivity index (χ2v) is 7.99. The number of amides is 1. The summed E-state index contributed by atoms with van der Waals surface area (Å²) in [7, 11) is 0. The van der Waals surface area contributed by atoms with E-state index in [4.69, 9.17) is 0 Å². The largest absolute Gasteiger partial charge is 0.342 e. The van der Waals surface area contributed by atoms with Crippen LogP contribution in [0, 0.1) is 35.5 Å². The van der Waals surface area contributed by atoms with Crippen LogP contribution in [-0.2, 0) is 4.79 Å². The van der Waals surface area contributed by atoms with Gasteiger partial charge in [-0.15, -0.1) is 0 Å². The molecule has 3 heteroatoms. The summed E-state index contributed by atoms with van der Waals surface area (Å²) in [6, 6.07) is 0. The van der Waals surface area contributed by atoms with Crippen molar-refractivity contribution < 1.29 is 4.79 Å². The molecule has 4 fully saturated rings. The average molecular weight is 290 g/mol. The molecule has 118 valence electrons. The summed E-state index contributed by atoms with van der Waals surface area (Å²) < 4.78 is 0. The Morgan fingerprint density at radius 3 is 2.38 bits per heavy atom. The molecule has 3 aliphatic carbocycles. The smallest absolute Gasteiger partial charge is 0.226 e. The summed E-state index contributed by atoms with van der Waals surface area (Å²) in [5, 5.41) is 3.43. The first kappa shape index (κ1) is 14.0. The number of hydrogen-bond acceptors (Lipinski definition) is 2. The van der Waals surface area contributed by atoms with Crippen LogP contribution in [0.3, 0.4) is 0 Å². The van der Waals surface area contributed by atoms with E-state index in [1.54, 1.807) is 0 Å². The van der Waals surface area contributed by atoms with E-state index in [1.807, 2.05) is 0 Å². The van der Waals surface area contributed by atoms with Crippen LogP contribution in [0.1, 0.15) is 45.4 Å². The second kappa shape index (κ2) is 5.57. The van der Waals surface area contributed by atoms with Gasteiger partial charge in [-0.05, 0) is 81.2 Å². The minimum Gasteiger partial charge on any atom is -0.342 e. The standard InChI is InChI=1S/C18H30N2O/c1-2-9-20(11-12-5-7-19-8-6-12)18(21)17-15-13-3-4-14(10-13)16(15)17/h12-17,19H,2-11H2,1H3. The Balaban J connectivity index is 1.38. The number of nitrogens with one attached hydrogen (secondary N) is 1. The van der Waals surface area contributed by atoms with E-state index in [9.17, 15) is 4.79 Å². The summed E-state index contributed by atoms with van der Waals surface area (Å²) in [6.45, 7) is 6.49. The summed E-state index contributed by atoms with van der Waals surface area (Å²) >= 11 is 0. The highest BCUT2D eigenvalue weighted by molar-refractivity contribution is 5.83. The van der Waals surface area contributed by atoms with Gasteiger partial charge in [-0.25, -0.2) is 0 Å². The molecule has 1 aliphatic heterocycles. The van der Waals surface area contributed by atoms with E-state index in [2.05, 4.69) is 17.1 Å². The van der Waals surface area contributed by atoms with E-state index in [1.165, 1.54) is 32.1 Å². The van der Waals surface area contributed by atoms with Gasteiger partial charge in [0, 0.05) is 19.0 Å². The number of fused-ring (bicyclic) bond motifs is 5. The van der Waals surface area contributed by atoms with Gasteiger partial charge in [-0.3, -0.25) is 4.79 Å². The predicted molar refractivity (Wildman–Crippen MR) is 83.8 cm³/mol. The fraction of sp³-hybridized carbons (Fsp3) is 0.944. The molecule has 0 radical (unpaired) electrons. The van der Waals surface area contributed by atoms with E-state index >= 15 is 0 Å². The number of nitrogens with zero attached hydrogens (tertiary/aromatic N) is 1. The number of piperidine rings is 1. The van der Waals surface area contributed by atoms with Crippen molar-refractivity contribution in [1.29, 1.82) is 0 Å². The lowest BCUT2D eigenvalue weighted by atomic mass is 9.96. The highest BCUT2D eigenvalue weighted by Gasteiger charge is 2.67. The zero-order chi connectivity index (χ0) is 14.4. The van der Waals surface area contributed by atoms with Crippen molar-refractivity contribution in [3.63, 3.8) is 0 Å². The van der Waals surface area contributed by atoms with Crippen molar-refractivity contribution in [3.8, 4) is 0 Å². The van der Waals surface area contributed by atoms with E-state index in [0.717, 1.165) is 62.2 Å². The summed E-state index contributed by atoms with van der Waals surface area (Å²) in [5.74, 6) is 5.11. The molecular formula is C18H30N2O. The lowest BCUT2D eigenvalue weighted by Crippen LogP contribution is -2.41. The van der Waals surface area contributed by atoms with Crippen LogP contribution in [0.4, 0.5) is 0 Å². The van der Waals surface area contributed by atoms with Crippen LogP contribution in [-0.4, -0.2) is 37.0 Å². The monoisotopic (exact) mass is 290 g/mol. The van der Waals surface area contributed by atoms with Crippen LogP contribution in [0.15, 0.2) is 0 Å². The zero-order valence-corrected chi connectivity index (χ0v) is 13.4. The highest BCUT2D eigenvalue weighted by atomic mass is 16.2. The molecule has 21 heavy (non-hydrogen) atoms. The normalized spacial score (nSPS) is 41.1. The Labute approximate surface area is 128 Å². The molecule has 0 aromatic rings. The second-order valence-electron chi connectivity index (χ2n) is 7.99. The minimum absolute atomic E-state index is 0.435. The molecule has 1 heterocycles. The highest BCUT2D eigenvalue weighted by Crippen LogP contribution is 2.69. The molecule has 4 unspecified atom stereocenters. The van der Waals surface area contributed by atoms with Crippen molar-refractivity contribution in [2.75, 3.05) is 26.2 Å². The van der Waals surface area contributed by atoms with Crippen LogP contribution in [0.5, 0.6) is 0 Å². The lowest BCUT2D eigenvalue weighted by Gasteiger charge is -2.30. The SMILES string of the molecule is CCCN(CC1CCNCC1)C(=O)C1C2C3CCC(C3)C12. The molecule has 4 atom stereocenters. The molecule has 0 aromatic heterocycles. The molecule has 3 saturated carbocycles. The van der Waals surface area contributed by atoms with Gasteiger partial charge in [-0.1, -0.05) is 6.92 Å². The van der Waals surface area contributed by atoms with Crippen LogP contribution in [0.2, 0.25) is 0 Å². The van der Waals surface area contributed by atoms with Gasteiger partial charge in [-0.2, -0.15) is 0 Å². The first-order valence-corrected chi connectivity index (χ1v) is 9.29. The Kier molecular flexibility index (Phi) is 3.72. The van der Waals surface area contributed by atoms with Gasteiger partial charge in [0.15, 0.2) is 0 Å². The fourth-order valence-corrected chi connectivity index (χ4v) is 5.80. The van der Waals surface area contributed by atoms with Crippen molar-refractivity contribution in [2.24, 2.45) is 35.5 Å². The molecule has 0 spiro atoms. The Morgan fingerprint density at radius 1 is 1.10 bits per heavy atom. The molecule has 4 rings (SSSR count). The van der Waals surface area contributed by atoms with Crippen molar-refractivity contribution >= 4 is 5.91 Å². The third kappa shape index (κ3) is 2.42. The number of hydrogen-bond donors (Lipinski definition) is 1. The Bertz CT molecular complexity index is 388. The number of carbonyl (C=O) groups excluding carboxylic acids is 1. The van der Waals surface area contributed by atoms with Gasteiger partial charge in [0.1, 0.15) is 0 Å². The summed E-state index contributed by atoms with van der Waals surface area (Å²) in [4.78, 5) is 15.3. The third-order valence-electron chi connectivity index (χ3n) is 6.76. The van der Waals surface area contributed by atoms with Gasteiger partial charge >= 0.3 is 0 Å². The van der Waals surface area contributed by atoms with Crippen LogP contribution in [0.25, 0.3) is 0 Å². The molecule has 4 aliphatic rings. The first-order valence-electron chi connectivity index (χ1n) is 9.29. The Morgan fingerprint density at radius 2 is 1.76 bits per heavy atom.